The average Bonchev–Trinajstić information content (AvgIpc) is 2.51. The molecule has 0 bridgehead atoms. The number of rotatable bonds is 6. The number of ether oxygens (including phenoxy) is 2. The minimum atomic E-state index is -0.995. The van der Waals surface area contributed by atoms with Gasteiger partial charge in [-0.1, -0.05) is 0 Å². The Labute approximate surface area is 146 Å². The van der Waals surface area contributed by atoms with E-state index in [-0.39, 0.29) is 24.5 Å². The first-order chi connectivity index (χ1) is 11.6. The van der Waals surface area contributed by atoms with Gasteiger partial charge >= 0.3 is 12.1 Å². The molecule has 1 aromatic rings. The maximum atomic E-state index is 12.0. The molecule has 0 saturated carbocycles. The molecule has 0 fully saturated rings. The molecule has 0 radical (unpaired) electrons. The van der Waals surface area contributed by atoms with Crippen LogP contribution in [-0.2, 0) is 19.1 Å². The first kappa shape index (κ1) is 20.3. The number of alkyl carbamates (subject to hydrolysis) is 1. The van der Waals surface area contributed by atoms with Gasteiger partial charge in [0.2, 0.25) is 5.91 Å². The highest BCUT2D eigenvalue weighted by Crippen LogP contribution is 2.14. The number of phenols is 1. The SMILES string of the molecule is COC(=O)[C@H](CCC(=O)Nc1ccc(O)cc1)NC(=O)OC(C)(C)C. The Bertz CT molecular complexity index is 607. The zero-order valence-electron chi connectivity index (χ0n) is 14.8. The predicted octanol–water partition coefficient (Wildman–Crippen LogP) is 2.18. The molecule has 0 aromatic heterocycles. The second-order valence-electron chi connectivity index (χ2n) is 6.36. The molecule has 3 N–H and O–H groups in total. The summed E-state index contributed by atoms with van der Waals surface area (Å²) in [5.41, 5.74) is -0.196. The van der Waals surface area contributed by atoms with Crippen molar-refractivity contribution in [3.8, 4) is 5.75 Å². The van der Waals surface area contributed by atoms with Crippen LogP contribution in [0.5, 0.6) is 5.75 Å². The summed E-state index contributed by atoms with van der Waals surface area (Å²) in [7, 11) is 1.20. The van der Waals surface area contributed by atoms with Crippen molar-refractivity contribution in [1.29, 1.82) is 0 Å². The van der Waals surface area contributed by atoms with E-state index in [0.717, 1.165) is 0 Å². The minimum Gasteiger partial charge on any atom is -0.508 e. The molecule has 0 unspecified atom stereocenters. The van der Waals surface area contributed by atoms with Crippen molar-refractivity contribution in [3.63, 3.8) is 0 Å². The number of carbonyl (C=O) groups is 3. The van der Waals surface area contributed by atoms with E-state index in [1.165, 1.54) is 19.2 Å². The summed E-state index contributed by atoms with van der Waals surface area (Å²) in [6.07, 6.45) is -0.728. The van der Waals surface area contributed by atoms with Crippen LogP contribution < -0.4 is 10.6 Å². The lowest BCUT2D eigenvalue weighted by atomic mass is 10.1. The van der Waals surface area contributed by atoms with Gasteiger partial charge in [-0.25, -0.2) is 9.59 Å². The molecule has 2 amide bonds. The van der Waals surface area contributed by atoms with Crippen molar-refractivity contribution in [2.45, 2.75) is 45.3 Å². The van der Waals surface area contributed by atoms with Crippen LogP contribution in [0.25, 0.3) is 0 Å². The lowest BCUT2D eigenvalue weighted by Gasteiger charge is -2.22. The van der Waals surface area contributed by atoms with Crippen LogP contribution in [0.2, 0.25) is 0 Å². The van der Waals surface area contributed by atoms with E-state index in [1.54, 1.807) is 32.9 Å². The Morgan fingerprint density at radius 1 is 1.16 bits per heavy atom. The van der Waals surface area contributed by atoms with Crippen molar-refractivity contribution < 1.29 is 29.0 Å². The Morgan fingerprint density at radius 3 is 2.28 bits per heavy atom. The standard InChI is InChI=1S/C17H24N2O6/c1-17(2,3)25-16(23)19-13(15(22)24-4)9-10-14(21)18-11-5-7-12(20)8-6-11/h5-8,13,20H,9-10H2,1-4H3,(H,18,21)(H,19,23)/t13-/m0/s1. The minimum absolute atomic E-state index is 0.0174. The number of esters is 1. The first-order valence-electron chi connectivity index (χ1n) is 7.77. The molecule has 0 spiro atoms. The van der Waals surface area contributed by atoms with Gasteiger partial charge in [-0.3, -0.25) is 4.79 Å². The summed E-state index contributed by atoms with van der Waals surface area (Å²) in [6, 6.07) is 4.98. The maximum absolute atomic E-state index is 12.0. The Kier molecular flexibility index (Phi) is 7.22. The largest absolute Gasteiger partial charge is 0.508 e. The lowest BCUT2D eigenvalue weighted by molar-refractivity contribution is -0.143. The summed E-state index contributed by atoms with van der Waals surface area (Å²) in [4.78, 5) is 35.5. The third-order valence-electron chi connectivity index (χ3n) is 2.99. The van der Waals surface area contributed by atoms with Crippen molar-refractivity contribution in [1.82, 2.24) is 5.32 Å². The van der Waals surface area contributed by atoms with Gasteiger partial charge in [-0.05, 0) is 51.5 Å². The zero-order valence-corrected chi connectivity index (χ0v) is 14.8. The van der Waals surface area contributed by atoms with Crippen LogP contribution in [-0.4, -0.2) is 41.8 Å². The number of carbonyl (C=O) groups excluding carboxylic acids is 3. The van der Waals surface area contributed by atoms with E-state index in [4.69, 9.17) is 4.74 Å². The van der Waals surface area contributed by atoms with Crippen molar-refractivity contribution in [2.24, 2.45) is 0 Å². The van der Waals surface area contributed by atoms with E-state index in [2.05, 4.69) is 15.4 Å². The number of benzene rings is 1. The number of hydrogen-bond donors (Lipinski definition) is 3. The molecule has 0 aliphatic carbocycles. The fourth-order valence-corrected chi connectivity index (χ4v) is 1.88. The van der Waals surface area contributed by atoms with Crippen LogP contribution in [0.1, 0.15) is 33.6 Å². The molecule has 0 heterocycles. The van der Waals surface area contributed by atoms with E-state index < -0.39 is 23.7 Å². The molecule has 1 aromatic carbocycles. The van der Waals surface area contributed by atoms with E-state index >= 15 is 0 Å². The molecule has 25 heavy (non-hydrogen) atoms. The monoisotopic (exact) mass is 352 g/mol. The summed E-state index contributed by atoms with van der Waals surface area (Å²) in [5, 5.41) is 14.2. The smallest absolute Gasteiger partial charge is 0.408 e. The Morgan fingerprint density at radius 2 is 1.76 bits per heavy atom. The van der Waals surface area contributed by atoms with Crippen molar-refractivity contribution >= 4 is 23.7 Å². The van der Waals surface area contributed by atoms with Gasteiger partial charge in [0.1, 0.15) is 17.4 Å². The number of amides is 2. The number of phenolic OH excluding ortho intramolecular Hbond substituents is 1. The van der Waals surface area contributed by atoms with Gasteiger partial charge in [0, 0.05) is 12.1 Å². The number of nitrogens with one attached hydrogen (secondary N) is 2. The molecule has 8 heteroatoms. The van der Waals surface area contributed by atoms with Gasteiger partial charge in [0.05, 0.1) is 7.11 Å². The quantitative estimate of drug-likeness (QED) is 0.534. The molecule has 0 aliphatic heterocycles. The van der Waals surface area contributed by atoms with E-state index in [1.807, 2.05) is 0 Å². The second kappa shape index (κ2) is 8.91. The Hall–Kier alpha value is -2.77. The summed E-state index contributed by atoms with van der Waals surface area (Å²) < 4.78 is 9.73. The fraction of sp³-hybridized carbons (Fsp3) is 0.471. The molecule has 138 valence electrons. The first-order valence-corrected chi connectivity index (χ1v) is 7.77. The molecular formula is C17H24N2O6. The van der Waals surface area contributed by atoms with Crippen molar-refractivity contribution in [2.75, 3.05) is 12.4 Å². The maximum Gasteiger partial charge on any atom is 0.408 e. The van der Waals surface area contributed by atoms with Crippen molar-refractivity contribution in [3.05, 3.63) is 24.3 Å². The highest BCUT2D eigenvalue weighted by Gasteiger charge is 2.25. The third kappa shape index (κ3) is 8.05. The number of methoxy groups -OCH3 is 1. The van der Waals surface area contributed by atoms with Gasteiger partial charge in [-0.2, -0.15) is 0 Å². The van der Waals surface area contributed by atoms with Crippen LogP contribution in [0.4, 0.5) is 10.5 Å². The normalized spacial score (nSPS) is 12.0. The molecule has 0 aliphatic rings. The van der Waals surface area contributed by atoms with Crippen LogP contribution in [0.15, 0.2) is 24.3 Å². The summed E-state index contributed by atoms with van der Waals surface area (Å²) in [5.74, 6) is -0.917. The van der Waals surface area contributed by atoms with Crippen LogP contribution in [0.3, 0.4) is 0 Å². The van der Waals surface area contributed by atoms with Gasteiger partial charge in [0.25, 0.3) is 0 Å². The molecule has 8 nitrogen and oxygen atoms in total. The fourth-order valence-electron chi connectivity index (χ4n) is 1.88. The van der Waals surface area contributed by atoms with Gasteiger partial charge in [-0.15, -0.1) is 0 Å². The number of anilines is 1. The number of aromatic hydroxyl groups is 1. The molecular weight excluding hydrogens is 328 g/mol. The average molecular weight is 352 g/mol. The van der Waals surface area contributed by atoms with Gasteiger partial charge < -0.3 is 25.2 Å². The van der Waals surface area contributed by atoms with Crippen LogP contribution >= 0.6 is 0 Å². The Balaban J connectivity index is 2.57. The predicted molar refractivity (Wildman–Crippen MR) is 91.1 cm³/mol. The summed E-state index contributed by atoms with van der Waals surface area (Å²) >= 11 is 0. The topological polar surface area (TPSA) is 114 Å². The molecule has 1 atom stereocenters. The highest BCUT2D eigenvalue weighted by atomic mass is 16.6. The second-order valence-corrected chi connectivity index (χ2v) is 6.36. The van der Waals surface area contributed by atoms with Crippen LogP contribution in [0, 0.1) is 0 Å². The lowest BCUT2D eigenvalue weighted by Crippen LogP contribution is -2.44. The molecule has 1 rings (SSSR count). The highest BCUT2D eigenvalue weighted by molar-refractivity contribution is 5.91. The zero-order chi connectivity index (χ0) is 19.0. The van der Waals surface area contributed by atoms with E-state index in [9.17, 15) is 19.5 Å². The van der Waals surface area contributed by atoms with Gasteiger partial charge in [0.15, 0.2) is 0 Å². The van der Waals surface area contributed by atoms with E-state index in [0.29, 0.717) is 5.69 Å². The third-order valence-corrected chi connectivity index (χ3v) is 2.99. The summed E-state index contributed by atoms with van der Waals surface area (Å²) in [6.45, 7) is 5.10. The number of hydrogen-bond acceptors (Lipinski definition) is 6. The molecule has 0 saturated heterocycles.